The Morgan fingerprint density at radius 3 is 2.47 bits per heavy atom. The summed E-state index contributed by atoms with van der Waals surface area (Å²) in [5.74, 6) is 0.492. The first-order valence-electron chi connectivity index (χ1n) is 12.6. The zero-order valence-corrected chi connectivity index (χ0v) is 23.4. The van der Waals surface area contributed by atoms with Crippen LogP contribution in [0, 0.1) is 0 Å². The van der Waals surface area contributed by atoms with Crippen LogP contribution >= 0.6 is 11.6 Å². The van der Waals surface area contributed by atoms with Gasteiger partial charge in [-0.2, -0.15) is 0 Å². The summed E-state index contributed by atoms with van der Waals surface area (Å²) < 4.78 is 34.9. The summed E-state index contributed by atoms with van der Waals surface area (Å²) in [5, 5.41) is 6.68. The lowest BCUT2D eigenvalue weighted by Gasteiger charge is -2.28. The van der Waals surface area contributed by atoms with Gasteiger partial charge in [-0.25, -0.2) is 13.1 Å². The lowest BCUT2D eigenvalue weighted by atomic mass is 9.97. The van der Waals surface area contributed by atoms with Gasteiger partial charge in [0.15, 0.2) is 0 Å². The molecule has 4 rings (SSSR count). The van der Waals surface area contributed by atoms with Crippen molar-refractivity contribution >= 4 is 27.5 Å². The maximum Gasteiger partial charge on any atom is 0.242 e. The van der Waals surface area contributed by atoms with E-state index in [1.807, 2.05) is 36.4 Å². The van der Waals surface area contributed by atoms with Crippen molar-refractivity contribution < 1.29 is 17.9 Å². The third kappa shape index (κ3) is 7.35. The highest BCUT2D eigenvalue weighted by molar-refractivity contribution is 7.89. The SMILES string of the molecule is CC(C)(C)NCc1ccc2c(c1)OCC[C@H]2NC(=O)C[C@@H](NS(=O)(=O)c1ccccc1Cl)c1ccccc1. The average Bonchev–Trinajstić information content (AvgIpc) is 2.87. The molecule has 1 aliphatic heterocycles. The first-order chi connectivity index (χ1) is 18.0. The zero-order valence-electron chi connectivity index (χ0n) is 21.8. The van der Waals surface area contributed by atoms with Crippen LogP contribution in [0.25, 0.3) is 0 Å². The van der Waals surface area contributed by atoms with Crippen LogP contribution in [0.15, 0.2) is 77.7 Å². The molecule has 0 unspecified atom stereocenters. The number of halogens is 1. The Bertz CT molecular complexity index is 1370. The van der Waals surface area contributed by atoms with Crippen LogP contribution in [0.4, 0.5) is 0 Å². The number of rotatable bonds is 9. The van der Waals surface area contributed by atoms with E-state index in [0.717, 1.165) is 16.9 Å². The summed E-state index contributed by atoms with van der Waals surface area (Å²) in [6.45, 7) is 7.54. The van der Waals surface area contributed by atoms with Gasteiger partial charge in [0.2, 0.25) is 15.9 Å². The Morgan fingerprint density at radius 2 is 1.76 bits per heavy atom. The topological polar surface area (TPSA) is 96.5 Å². The molecule has 0 aromatic heterocycles. The largest absolute Gasteiger partial charge is 0.493 e. The number of sulfonamides is 1. The Labute approximate surface area is 230 Å². The number of benzene rings is 3. The fourth-order valence-electron chi connectivity index (χ4n) is 4.33. The molecule has 0 saturated heterocycles. The lowest BCUT2D eigenvalue weighted by molar-refractivity contribution is -0.122. The Kier molecular flexibility index (Phi) is 8.78. The molecule has 3 aromatic rings. The van der Waals surface area contributed by atoms with Gasteiger partial charge in [0.1, 0.15) is 10.6 Å². The van der Waals surface area contributed by atoms with E-state index in [0.29, 0.717) is 25.1 Å². The summed E-state index contributed by atoms with van der Waals surface area (Å²) >= 11 is 6.16. The molecule has 0 saturated carbocycles. The van der Waals surface area contributed by atoms with Crippen molar-refractivity contribution in [2.24, 2.45) is 0 Å². The molecule has 7 nitrogen and oxygen atoms in total. The van der Waals surface area contributed by atoms with Gasteiger partial charge >= 0.3 is 0 Å². The van der Waals surface area contributed by atoms with Crippen LogP contribution in [-0.2, 0) is 21.4 Å². The number of hydrogen-bond acceptors (Lipinski definition) is 5. The standard InChI is InChI=1S/C29H34ClN3O4S/c1-29(2,3)31-19-20-13-14-22-24(15-16-37-26(22)17-20)32-28(34)18-25(21-9-5-4-6-10-21)33-38(35,36)27-12-8-7-11-23(27)30/h4-14,17,24-25,31,33H,15-16,18-19H2,1-3H3,(H,32,34)/t24-,25-/m1/s1. The van der Waals surface area contributed by atoms with Crippen LogP contribution < -0.4 is 20.1 Å². The van der Waals surface area contributed by atoms with E-state index < -0.39 is 16.1 Å². The van der Waals surface area contributed by atoms with Crippen LogP contribution in [0.5, 0.6) is 5.75 Å². The van der Waals surface area contributed by atoms with Crippen molar-refractivity contribution in [2.45, 2.75) is 62.7 Å². The predicted octanol–water partition coefficient (Wildman–Crippen LogP) is 5.28. The van der Waals surface area contributed by atoms with Gasteiger partial charge in [-0.15, -0.1) is 0 Å². The predicted molar refractivity (Wildman–Crippen MR) is 150 cm³/mol. The molecule has 1 heterocycles. The number of carbonyl (C=O) groups excluding carboxylic acids is 1. The van der Waals surface area contributed by atoms with Crippen molar-refractivity contribution in [3.8, 4) is 5.75 Å². The molecule has 0 fully saturated rings. The molecular weight excluding hydrogens is 522 g/mol. The fourth-order valence-corrected chi connectivity index (χ4v) is 6.07. The van der Waals surface area contributed by atoms with E-state index in [-0.39, 0.29) is 33.8 Å². The summed E-state index contributed by atoms with van der Waals surface area (Å²) in [4.78, 5) is 13.2. The van der Waals surface area contributed by atoms with Gasteiger partial charge in [0.25, 0.3) is 0 Å². The van der Waals surface area contributed by atoms with Crippen molar-refractivity contribution in [1.29, 1.82) is 0 Å². The van der Waals surface area contributed by atoms with Gasteiger partial charge < -0.3 is 15.4 Å². The molecular formula is C29H34ClN3O4S. The van der Waals surface area contributed by atoms with Gasteiger partial charge in [-0.3, -0.25) is 4.79 Å². The quantitative estimate of drug-likeness (QED) is 0.334. The van der Waals surface area contributed by atoms with E-state index in [4.69, 9.17) is 16.3 Å². The molecule has 2 atom stereocenters. The molecule has 38 heavy (non-hydrogen) atoms. The first kappa shape index (κ1) is 28.1. The molecule has 3 N–H and O–H groups in total. The van der Waals surface area contributed by atoms with Gasteiger partial charge in [-0.05, 0) is 50.1 Å². The van der Waals surface area contributed by atoms with E-state index >= 15 is 0 Å². The van der Waals surface area contributed by atoms with E-state index in [1.54, 1.807) is 24.3 Å². The first-order valence-corrected chi connectivity index (χ1v) is 14.5. The van der Waals surface area contributed by atoms with Gasteiger partial charge in [0, 0.05) is 30.5 Å². The van der Waals surface area contributed by atoms with Gasteiger partial charge in [-0.1, -0.05) is 66.2 Å². The minimum Gasteiger partial charge on any atom is -0.493 e. The van der Waals surface area contributed by atoms with Crippen LogP contribution in [0.1, 0.15) is 62.4 Å². The maximum atomic E-state index is 13.3. The van der Waals surface area contributed by atoms with Crippen LogP contribution in [0.3, 0.4) is 0 Å². The van der Waals surface area contributed by atoms with Crippen LogP contribution in [-0.4, -0.2) is 26.5 Å². The van der Waals surface area contributed by atoms with Crippen molar-refractivity contribution in [2.75, 3.05) is 6.61 Å². The zero-order chi connectivity index (χ0) is 27.3. The second-order valence-corrected chi connectivity index (χ2v) is 12.5. The second kappa shape index (κ2) is 11.9. The molecule has 1 aliphatic rings. The van der Waals surface area contributed by atoms with Crippen molar-refractivity contribution in [3.63, 3.8) is 0 Å². The highest BCUT2D eigenvalue weighted by Crippen LogP contribution is 2.33. The lowest BCUT2D eigenvalue weighted by Crippen LogP contribution is -2.37. The number of ether oxygens (including phenoxy) is 1. The number of hydrogen-bond donors (Lipinski definition) is 3. The van der Waals surface area contributed by atoms with Gasteiger partial charge in [0.05, 0.1) is 23.7 Å². The fraction of sp³-hybridized carbons (Fsp3) is 0.345. The normalized spacial score (nSPS) is 16.3. The Hall–Kier alpha value is -2.91. The molecule has 0 aliphatic carbocycles. The number of amides is 1. The summed E-state index contributed by atoms with van der Waals surface area (Å²) in [6.07, 6.45) is 0.549. The summed E-state index contributed by atoms with van der Waals surface area (Å²) in [7, 11) is -3.97. The van der Waals surface area contributed by atoms with E-state index in [2.05, 4.69) is 36.1 Å². The average molecular weight is 556 g/mol. The molecule has 9 heteroatoms. The van der Waals surface area contributed by atoms with Crippen molar-refractivity contribution in [1.82, 2.24) is 15.4 Å². The third-order valence-corrected chi connectivity index (χ3v) is 8.26. The third-order valence-electron chi connectivity index (χ3n) is 6.29. The second-order valence-electron chi connectivity index (χ2n) is 10.5. The molecule has 0 spiro atoms. The number of nitrogens with one attached hydrogen (secondary N) is 3. The molecule has 0 radical (unpaired) electrons. The van der Waals surface area contributed by atoms with Crippen LogP contribution in [0.2, 0.25) is 5.02 Å². The summed E-state index contributed by atoms with van der Waals surface area (Å²) in [6, 6.07) is 20.3. The van der Waals surface area contributed by atoms with Crippen molar-refractivity contribution in [3.05, 3.63) is 94.5 Å². The van der Waals surface area contributed by atoms with E-state index in [1.165, 1.54) is 12.1 Å². The molecule has 0 bridgehead atoms. The summed E-state index contributed by atoms with van der Waals surface area (Å²) in [5.41, 5.74) is 2.69. The minimum absolute atomic E-state index is 0.00404. The number of fused-ring (bicyclic) bond motifs is 1. The molecule has 3 aromatic carbocycles. The Morgan fingerprint density at radius 1 is 1.05 bits per heavy atom. The highest BCUT2D eigenvalue weighted by atomic mass is 35.5. The number of carbonyl (C=O) groups is 1. The monoisotopic (exact) mass is 555 g/mol. The smallest absolute Gasteiger partial charge is 0.242 e. The molecule has 202 valence electrons. The minimum atomic E-state index is -3.97. The highest BCUT2D eigenvalue weighted by Gasteiger charge is 2.28. The Balaban J connectivity index is 1.49. The molecule has 1 amide bonds. The maximum absolute atomic E-state index is 13.3. The van der Waals surface area contributed by atoms with E-state index in [9.17, 15) is 13.2 Å².